The van der Waals surface area contributed by atoms with E-state index < -0.39 is 84.6 Å². The molecule has 10 atom stereocenters. The molecule has 0 spiro atoms. The van der Waals surface area contributed by atoms with Crippen LogP contribution < -0.4 is 0 Å². The van der Waals surface area contributed by atoms with Crippen molar-refractivity contribution >= 4 is 41.0 Å². The highest BCUT2D eigenvalue weighted by Gasteiger charge is 2.55. The molecule has 0 saturated carbocycles. The number of ether oxygens (including phenoxy) is 12. The molecule has 0 N–H and O–H groups in total. The van der Waals surface area contributed by atoms with Crippen LogP contribution in [0.1, 0.15) is 33.4 Å². The molecule has 392 valence electrons. The maximum absolute atomic E-state index is 13.2. The SMILES string of the molecule is CO[C@H]1O[C@H](COCc2ccccc2)[C@@H](OC2O[C@H](COC(=O)OCC(Cl)(Cl)Cl)[C@@H](OCc3ccccc3)[C@H](OCc3ccccc3)[C@H]2OCc2ccccc2)[C@H](OCc2ccccc2)[C@H]1OCc1ccccc1. The normalized spacial score (nSPS) is 24.0. The number of hydrogen-bond donors (Lipinski definition) is 0. The van der Waals surface area contributed by atoms with E-state index in [0.29, 0.717) is 0 Å². The first-order valence-corrected chi connectivity index (χ1v) is 25.6. The lowest BCUT2D eigenvalue weighted by Crippen LogP contribution is -2.66. The van der Waals surface area contributed by atoms with Gasteiger partial charge in [-0.15, -0.1) is 0 Å². The van der Waals surface area contributed by atoms with E-state index in [4.69, 9.17) is 91.6 Å². The van der Waals surface area contributed by atoms with Crippen LogP contribution in [0.25, 0.3) is 0 Å². The van der Waals surface area contributed by atoms with E-state index in [-0.39, 0.29) is 46.2 Å². The highest BCUT2D eigenvalue weighted by Crippen LogP contribution is 2.37. The summed E-state index contributed by atoms with van der Waals surface area (Å²) in [7, 11) is 1.56. The van der Waals surface area contributed by atoms with Crippen molar-refractivity contribution in [1.82, 2.24) is 0 Å². The van der Waals surface area contributed by atoms with Gasteiger partial charge >= 0.3 is 6.16 Å². The summed E-state index contributed by atoms with van der Waals surface area (Å²) in [4.78, 5) is 13.2. The zero-order valence-electron chi connectivity index (χ0n) is 40.9. The van der Waals surface area contributed by atoms with Crippen LogP contribution in [-0.2, 0) is 96.5 Å². The number of benzene rings is 6. The highest BCUT2D eigenvalue weighted by atomic mass is 35.6. The van der Waals surface area contributed by atoms with E-state index in [1.807, 2.05) is 182 Å². The summed E-state index contributed by atoms with van der Waals surface area (Å²) < 4.78 is 77.3. The molecule has 2 aliphatic heterocycles. The van der Waals surface area contributed by atoms with Crippen molar-refractivity contribution in [3.8, 4) is 0 Å². The van der Waals surface area contributed by atoms with Crippen LogP contribution in [0.4, 0.5) is 4.79 Å². The van der Waals surface area contributed by atoms with Gasteiger partial charge in [-0.05, 0) is 33.4 Å². The van der Waals surface area contributed by atoms with Gasteiger partial charge in [0.2, 0.25) is 3.79 Å². The predicted molar refractivity (Wildman–Crippen MR) is 278 cm³/mol. The lowest BCUT2D eigenvalue weighted by Gasteiger charge is -2.50. The molecular formula is C58H61Cl3O13. The molecule has 6 aromatic carbocycles. The number of hydrogen-bond acceptors (Lipinski definition) is 13. The fourth-order valence-electron chi connectivity index (χ4n) is 8.61. The molecule has 2 saturated heterocycles. The quantitative estimate of drug-likeness (QED) is 0.0399. The van der Waals surface area contributed by atoms with Crippen LogP contribution in [0.3, 0.4) is 0 Å². The predicted octanol–water partition coefficient (Wildman–Crippen LogP) is 11.1. The summed E-state index contributed by atoms with van der Waals surface area (Å²) >= 11 is 17.8. The van der Waals surface area contributed by atoms with Crippen LogP contribution in [0, 0.1) is 0 Å². The lowest BCUT2D eigenvalue weighted by atomic mass is 9.95. The average molecular weight is 1070 g/mol. The van der Waals surface area contributed by atoms with Crippen molar-refractivity contribution in [2.24, 2.45) is 0 Å². The van der Waals surface area contributed by atoms with E-state index in [0.717, 1.165) is 33.4 Å². The molecule has 16 heteroatoms. The van der Waals surface area contributed by atoms with Crippen molar-refractivity contribution in [2.45, 2.75) is 105 Å². The van der Waals surface area contributed by atoms with Gasteiger partial charge in [0.05, 0.1) is 46.2 Å². The van der Waals surface area contributed by atoms with Gasteiger partial charge in [0, 0.05) is 7.11 Å². The van der Waals surface area contributed by atoms with Crippen LogP contribution in [0.2, 0.25) is 0 Å². The molecule has 2 aliphatic rings. The van der Waals surface area contributed by atoms with Gasteiger partial charge in [-0.3, -0.25) is 0 Å². The fraction of sp³-hybridized carbons (Fsp3) is 0.362. The second-order valence-electron chi connectivity index (χ2n) is 17.7. The smallest absolute Gasteiger partial charge is 0.431 e. The molecule has 1 unspecified atom stereocenters. The van der Waals surface area contributed by atoms with Gasteiger partial charge in [-0.2, -0.15) is 0 Å². The van der Waals surface area contributed by atoms with E-state index in [2.05, 4.69) is 0 Å². The Kier molecular flexibility index (Phi) is 21.5. The van der Waals surface area contributed by atoms with Crippen molar-refractivity contribution in [3.63, 3.8) is 0 Å². The standard InChI is InChI=1S/C58H61Cl3O13/c1-63-55-53(68-36-45-28-16-6-17-29-45)52(67-35-44-26-14-5-15-27-44)50(47(72-55)38-64-32-41-20-8-2-9-21-41)74-56-54(69-37-46-30-18-7-19-31-46)51(66-34-43-24-12-4-13-25-43)49(65-33-42-22-10-3-11-23-42)48(73-56)39-70-57(62)71-40-58(59,60)61/h2-31,47-56H,32-40H2,1H3/t47-,48-,49-,50-,51+,52+,53-,54-,55+,56?/m1/s1. The second-order valence-corrected chi connectivity index (χ2v) is 20.2. The maximum atomic E-state index is 13.2. The van der Waals surface area contributed by atoms with Gasteiger partial charge in [0.25, 0.3) is 0 Å². The minimum atomic E-state index is -1.88. The third-order valence-electron chi connectivity index (χ3n) is 12.2. The molecular weight excluding hydrogens is 1010 g/mol. The van der Waals surface area contributed by atoms with Gasteiger partial charge in [0.1, 0.15) is 62.0 Å². The Labute approximate surface area is 447 Å². The Balaban J connectivity index is 1.20. The van der Waals surface area contributed by atoms with Gasteiger partial charge in [0.15, 0.2) is 12.6 Å². The first-order valence-electron chi connectivity index (χ1n) is 24.4. The number of rotatable bonds is 25. The third kappa shape index (κ3) is 17.0. The first-order chi connectivity index (χ1) is 36.2. The molecule has 2 fully saturated rings. The van der Waals surface area contributed by atoms with Crippen LogP contribution in [-0.4, -0.2) is 98.3 Å². The van der Waals surface area contributed by atoms with E-state index >= 15 is 0 Å². The number of methoxy groups -OCH3 is 1. The zero-order valence-corrected chi connectivity index (χ0v) is 43.2. The highest BCUT2D eigenvalue weighted by molar-refractivity contribution is 6.67. The van der Waals surface area contributed by atoms with Crippen LogP contribution in [0.5, 0.6) is 0 Å². The average Bonchev–Trinajstić information content (AvgIpc) is 3.43. The van der Waals surface area contributed by atoms with Crippen LogP contribution in [0.15, 0.2) is 182 Å². The molecule has 74 heavy (non-hydrogen) atoms. The summed E-state index contributed by atoms with van der Waals surface area (Å²) in [6.45, 7) is 0.141. The fourth-order valence-corrected chi connectivity index (χ4v) is 8.77. The molecule has 0 amide bonds. The summed E-state index contributed by atoms with van der Waals surface area (Å²) in [5.41, 5.74) is 5.45. The maximum Gasteiger partial charge on any atom is 0.508 e. The molecule has 8 rings (SSSR count). The van der Waals surface area contributed by atoms with Crippen LogP contribution >= 0.6 is 34.8 Å². The molecule has 6 aromatic rings. The Hall–Kier alpha value is -4.94. The van der Waals surface area contributed by atoms with E-state index in [9.17, 15) is 4.79 Å². The third-order valence-corrected chi connectivity index (χ3v) is 12.6. The summed E-state index contributed by atoms with van der Waals surface area (Å²) in [6.07, 6.45) is -10.9. The Bertz CT molecular complexity index is 2500. The topological polar surface area (TPSA) is 128 Å². The number of alkyl halides is 3. The summed E-state index contributed by atoms with van der Waals surface area (Å²) in [5, 5.41) is 0. The van der Waals surface area contributed by atoms with Crippen molar-refractivity contribution < 1.29 is 61.6 Å². The molecule has 0 aliphatic carbocycles. The number of halogens is 3. The minimum Gasteiger partial charge on any atom is -0.431 e. The largest absolute Gasteiger partial charge is 0.508 e. The summed E-state index contributed by atoms with van der Waals surface area (Å²) in [6, 6.07) is 58.5. The van der Waals surface area contributed by atoms with Crippen molar-refractivity contribution in [1.29, 1.82) is 0 Å². The molecule has 0 aromatic heterocycles. The van der Waals surface area contributed by atoms with Gasteiger partial charge in [-0.25, -0.2) is 4.79 Å². The molecule has 0 radical (unpaired) electrons. The zero-order chi connectivity index (χ0) is 51.4. The van der Waals surface area contributed by atoms with Gasteiger partial charge < -0.3 is 56.8 Å². The van der Waals surface area contributed by atoms with E-state index in [1.54, 1.807) is 7.11 Å². The number of carbonyl (C=O) groups is 1. The van der Waals surface area contributed by atoms with Crippen molar-refractivity contribution in [2.75, 3.05) is 26.9 Å². The van der Waals surface area contributed by atoms with Crippen molar-refractivity contribution in [3.05, 3.63) is 215 Å². The monoisotopic (exact) mass is 1070 g/mol. The lowest BCUT2D eigenvalue weighted by molar-refractivity contribution is -0.375. The minimum absolute atomic E-state index is 0.0383. The Morgan fingerprint density at radius 2 is 0.757 bits per heavy atom. The molecule has 2 heterocycles. The second kappa shape index (κ2) is 28.8. The molecule has 13 nitrogen and oxygen atoms in total. The Morgan fingerprint density at radius 1 is 0.419 bits per heavy atom. The number of carbonyl (C=O) groups excluding carboxylic acids is 1. The summed E-state index contributed by atoms with van der Waals surface area (Å²) in [5.74, 6) is 0. The first kappa shape index (κ1) is 55.3. The van der Waals surface area contributed by atoms with Gasteiger partial charge in [-0.1, -0.05) is 217 Å². The molecule has 0 bridgehead atoms. The van der Waals surface area contributed by atoms with E-state index in [1.165, 1.54) is 0 Å². The Morgan fingerprint density at radius 3 is 1.16 bits per heavy atom.